The highest BCUT2D eigenvalue weighted by Crippen LogP contribution is 2.17. The molecule has 0 aromatic rings. The number of rotatable bonds is 3. The Morgan fingerprint density at radius 3 is 2.73 bits per heavy atom. The van der Waals surface area contributed by atoms with Crippen LogP contribution in [0.3, 0.4) is 0 Å². The van der Waals surface area contributed by atoms with Crippen molar-refractivity contribution in [3.05, 3.63) is 0 Å². The van der Waals surface area contributed by atoms with Crippen LogP contribution in [0.5, 0.6) is 0 Å². The van der Waals surface area contributed by atoms with Crippen LogP contribution in [0.15, 0.2) is 0 Å². The number of likely N-dealkylation sites (N-methyl/N-ethyl adjacent to an activating group) is 1. The van der Waals surface area contributed by atoms with Crippen molar-refractivity contribution in [2.24, 2.45) is 11.7 Å². The fourth-order valence-corrected chi connectivity index (χ4v) is 1.61. The van der Waals surface area contributed by atoms with Crippen molar-refractivity contribution in [1.82, 2.24) is 4.90 Å². The van der Waals surface area contributed by atoms with E-state index in [0.717, 1.165) is 13.1 Å². The summed E-state index contributed by atoms with van der Waals surface area (Å²) in [7, 11) is 2.13. The van der Waals surface area contributed by atoms with E-state index >= 15 is 0 Å². The second-order valence-corrected chi connectivity index (χ2v) is 3.40. The summed E-state index contributed by atoms with van der Waals surface area (Å²) in [5.41, 5.74) is 5.35. The molecular formula is C8H18N2O. The summed E-state index contributed by atoms with van der Waals surface area (Å²) in [6, 6.07) is 0. The van der Waals surface area contributed by atoms with Crippen LogP contribution >= 0.6 is 0 Å². The van der Waals surface area contributed by atoms with E-state index in [0.29, 0.717) is 25.2 Å². The highest BCUT2D eigenvalue weighted by atomic mass is 16.5. The maximum atomic E-state index is 5.57. The largest absolute Gasteiger partial charge is 0.375 e. The summed E-state index contributed by atoms with van der Waals surface area (Å²) in [4.78, 5) is 2.30. The molecule has 0 spiro atoms. The molecule has 3 nitrogen and oxygen atoms in total. The van der Waals surface area contributed by atoms with Gasteiger partial charge in [0.2, 0.25) is 0 Å². The summed E-state index contributed by atoms with van der Waals surface area (Å²) in [5.74, 6) is 0.659. The van der Waals surface area contributed by atoms with E-state index in [1.807, 2.05) is 0 Å². The first-order valence-corrected chi connectivity index (χ1v) is 4.24. The molecule has 0 radical (unpaired) electrons. The molecule has 0 aliphatic carbocycles. The molecule has 1 saturated heterocycles. The SMILES string of the molecule is C[C@@H]1CN(C)C[C@H]1OCCN. The van der Waals surface area contributed by atoms with Crippen molar-refractivity contribution in [2.45, 2.75) is 13.0 Å². The monoisotopic (exact) mass is 158 g/mol. The van der Waals surface area contributed by atoms with E-state index < -0.39 is 0 Å². The van der Waals surface area contributed by atoms with Gasteiger partial charge in [0.05, 0.1) is 12.7 Å². The smallest absolute Gasteiger partial charge is 0.0740 e. The Labute approximate surface area is 68.5 Å². The van der Waals surface area contributed by atoms with Gasteiger partial charge in [0.1, 0.15) is 0 Å². The first kappa shape index (κ1) is 8.97. The van der Waals surface area contributed by atoms with E-state index in [-0.39, 0.29) is 0 Å². The molecule has 0 aromatic heterocycles. The molecule has 1 rings (SSSR count). The van der Waals surface area contributed by atoms with Crippen molar-refractivity contribution < 1.29 is 4.74 Å². The average Bonchev–Trinajstić information content (AvgIpc) is 2.26. The standard InChI is InChI=1S/C8H18N2O/c1-7-5-10(2)6-8(7)11-4-3-9/h7-8H,3-6,9H2,1-2H3/t7-,8-/m1/s1. The van der Waals surface area contributed by atoms with Gasteiger partial charge in [-0.3, -0.25) is 0 Å². The molecule has 2 N–H and O–H groups in total. The maximum absolute atomic E-state index is 5.57. The summed E-state index contributed by atoms with van der Waals surface area (Å²) < 4.78 is 5.57. The molecule has 0 saturated carbocycles. The molecule has 1 aliphatic heterocycles. The Bertz CT molecular complexity index is 119. The molecule has 2 atom stereocenters. The Morgan fingerprint density at radius 1 is 1.55 bits per heavy atom. The number of nitrogens with two attached hydrogens (primary N) is 1. The van der Waals surface area contributed by atoms with Gasteiger partial charge < -0.3 is 15.4 Å². The number of ether oxygens (including phenoxy) is 1. The second-order valence-electron chi connectivity index (χ2n) is 3.40. The lowest BCUT2D eigenvalue weighted by atomic mass is 10.1. The van der Waals surface area contributed by atoms with E-state index in [1.165, 1.54) is 0 Å². The van der Waals surface area contributed by atoms with Gasteiger partial charge in [-0.25, -0.2) is 0 Å². The molecule has 3 heteroatoms. The number of nitrogens with zero attached hydrogens (tertiary/aromatic N) is 1. The van der Waals surface area contributed by atoms with Crippen LogP contribution in [-0.2, 0) is 4.74 Å². The fraction of sp³-hybridized carbons (Fsp3) is 1.00. The Balaban J connectivity index is 2.23. The summed E-state index contributed by atoms with van der Waals surface area (Å²) in [6.45, 7) is 5.76. The topological polar surface area (TPSA) is 38.5 Å². The van der Waals surface area contributed by atoms with Gasteiger partial charge in [-0.1, -0.05) is 6.92 Å². The van der Waals surface area contributed by atoms with Crippen molar-refractivity contribution >= 4 is 0 Å². The summed E-state index contributed by atoms with van der Waals surface area (Å²) in [5, 5.41) is 0. The van der Waals surface area contributed by atoms with Crippen molar-refractivity contribution in [3.63, 3.8) is 0 Å². The third kappa shape index (κ3) is 2.43. The second kappa shape index (κ2) is 4.04. The third-order valence-electron chi connectivity index (χ3n) is 2.18. The molecule has 0 bridgehead atoms. The lowest BCUT2D eigenvalue weighted by Gasteiger charge is -2.14. The van der Waals surface area contributed by atoms with Crippen LogP contribution in [0.1, 0.15) is 6.92 Å². The minimum Gasteiger partial charge on any atom is -0.375 e. The summed E-state index contributed by atoms with van der Waals surface area (Å²) >= 11 is 0. The van der Waals surface area contributed by atoms with Crippen LogP contribution in [0, 0.1) is 5.92 Å². The van der Waals surface area contributed by atoms with Gasteiger partial charge in [0.25, 0.3) is 0 Å². The minimum atomic E-state index is 0.406. The fourth-order valence-electron chi connectivity index (χ4n) is 1.61. The third-order valence-corrected chi connectivity index (χ3v) is 2.18. The van der Waals surface area contributed by atoms with Crippen molar-refractivity contribution in [1.29, 1.82) is 0 Å². The van der Waals surface area contributed by atoms with Crippen LogP contribution in [0.25, 0.3) is 0 Å². The van der Waals surface area contributed by atoms with Crippen LogP contribution < -0.4 is 5.73 Å². The number of hydrogen-bond donors (Lipinski definition) is 1. The predicted octanol–water partition coefficient (Wildman–Crippen LogP) is -0.0882. The quantitative estimate of drug-likeness (QED) is 0.624. The normalized spacial score (nSPS) is 33.0. The molecule has 1 fully saturated rings. The van der Waals surface area contributed by atoms with E-state index in [1.54, 1.807) is 0 Å². The highest BCUT2D eigenvalue weighted by molar-refractivity contribution is 4.79. The molecule has 1 heterocycles. The van der Waals surface area contributed by atoms with E-state index in [2.05, 4.69) is 18.9 Å². The molecule has 11 heavy (non-hydrogen) atoms. The Hall–Kier alpha value is -0.120. The zero-order valence-corrected chi connectivity index (χ0v) is 7.42. The van der Waals surface area contributed by atoms with Gasteiger partial charge in [-0.05, 0) is 13.0 Å². The minimum absolute atomic E-state index is 0.406. The average molecular weight is 158 g/mol. The molecule has 0 amide bonds. The highest BCUT2D eigenvalue weighted by Gasteiger charge is 2.27. The van der Waals surface area contributed by atoms with Gasteiger partial charge in [0, 0.05) is 19.6 Å². The summed E-state index contributed by atoms with van der Waals surface area (Å²) in [6.07, 6.45) is 0.406. The molecule has 1 aliphatic rings. The first-order valence-electron chi connectivity index (χ1n) is 4.24. The van der Waals surface area contributed by atoms with Gasteiger partial charge in [-0.15, -0.1) is 0 Å². The zero-order valence-electron chi connectivity index (χ0n) is 7.42. The lowest BCUT2D eigenvalue weighted by molar-refractivity contribution is 0.0444. The van der Waals surface area contributed by atoms with Crippen LogP contribution in [0.2, 0.25) is 0 Å². The Morgan fingerprint density at radius 2 is 2.27 bits per heavy atom. The van der Waals surface area contributed by atoms with Crippen LogP contribution in [-0.4, -0.2) is 44.3 Å². The first-order chi connectivity index (χ1) is 5.24. The molecule has 0 unspecified atom stereocenters. The van der Waals surface area contributed by atoms with Crippen LogP contribution in [0.4, 0.5) is 0 Å². The van der Waals surface area contributed by atoms with Crippen molar-refractivity contribution in [3.8, 4) is 0 Å². The molecule has 0 aromatic carbocycles. The lowest BCUT2D eigenvalue weighted by Crippen LogP contribution is -2.24. The number of likely N-dealkylation sites (tertiary alicyclic amines) is 1. The van der Waals surface area contributed by atoms with E-state index in [4.69, 9.17) is 10.5 Å². The molecule has 66 valence electrons. The van der Waals surface area contributed by atoms with Crippen molar-refractivity contribution in [2.75, 3.05) is 33.3 Å². The Kier molecular flexibility index (Phi) is 3.30. The van der Waals surface area contributed by atoms with Gasteiger partial charge >= 0.3 is 0 Å². The maximum Gasteiger partial charge on any atom is 0.0740 e. The zero-order chi connectivity index (χ0) is 8.27. The van der Waals surface area contributed by atoms with Gasteiger partial charge in [0.15, 0.2) is 0 Å². The predicted molar refractivity (Wildman–Crippen MR) is 45.5 cm³/mol. The van der Waals surface area contributed by atoms with E-state index in [9.17, 15) is 0 Å². The molecular weight excluding hydrogens is 140 g/mol. The number of hydrogen-bond acceptors (Lipinski definition) is 3. The van der Waals surface area contributed by atoms with Gasteiger partial charge in [-0.2, -0.15) is 0 Å².